The fraction of sp³-hybridized carbons (Fsp3) is 0.304. The van der Waals surface area contributed by atoms with Crippen LogP contribution in [0.1, 0.15) is 10.5 Å². The maximum atomic E-state index is 13.1. The van der Waals surface area contributed by atoms with Gasteiger partial charge >= 0.3 is 0 Å². The number of hydrogen-bond acceptors (Lipinski definition) is 6. The second-order valence-electron chi connectivity index (χ2n) is 7.80. The molecule has 0 saturated carbocycles. The third kappa shape index (κ3) is 4.69. The Morgan fingerprint density at radius 2 is 1.79 bits per heavy atom. The van der Waals surface area contributed by atoms with Gasteiger partial charge in [0.25, 0.3) is 11.5 Å². The molecule has 10 heteroatoms. The highest BCUT2D eigenvalue weighted by molar-refractivity contribution is 6.32. The maximum Gasteiger partial charge on any atom is 0.279 e. The molecule has 2 aromatic carbocycles. The van der Waals surface area contributed by atoms with E-state index in [2.05, 4.69) is 15.3 Å². The highest BCUT2D eigenvalue weighted by Crippen LogP contribution is 2.26. The molecule has 0 bridgehead atoms. The number of ether oxygens (including phenoxy) is 1. The molecule has 33 heavy (non-hydrogen) atoms. The molecular formula is C23H24ClN5O4. The molecule has 1 aromatic heterocycles. The van der Waals surface area contributed by atoms with Crippen LogP contribution in [0.2, 0.25) is 5.02 Å². The lowest BCUT2D eigenvalue weighted by Gasteiger charge is -2.32. The van der Waals surface area contributed by atoms with Gasteiger partial charge < -0.3 is 19.9 Å². The molecule has 4 rings (SSSR count). The molecule has 1 aliphatic heterocycles. The highest BCUT2D eigenvalue weighted by atomic mass is 35.5. The Kier molecular flexibility index (Phi) is 6.62. The number of piperazine rings is 1. The number of carbonyl (C=O) groups is 2. The Morgan fingerprint density at radius 3 is 2.45 bits per heavy atom. The van der Waals surface area contributed by atoms with Gasteiger partial charge in [-0.25, -0.2) is 0 Å². The number of nitrogens with one attached hydrogen (secondary N) is 1. The monoisotopic (exact) mass is 469 g/mol. The lowest BCUT2D eigenvalue weighted by atomic mass is 10.1. The van der Waals surface area contributed by atoms with E-state index in [1.807, 2.05) is 7.05 Å². The molecule has 1 N–H and O–H groups in total. The lowest BCUT2D eigenvalue weighted by molar-refractivity contribution is -0.131. The number of amides is 2. The normalized spacial score (nSPS) is 14.3. The van der Waals surface area contributed by atoms with Crippen LogP contribution in [0, 0.1) is 0 Å². The smallest absolute Gasteiger partial charge is 0.279 e. The first-order valence-corrected chi connectivity index (χ1v) is 10.9. The van der Waals surface area contributed by atoms with Crippen molar-refractivity contribution < 1.29 is 14.3 Å². The van der Waals surface area contributed by atoms with Gasteiger partial charge in [0.2, 0.25) is 5.91 Å². The predicted octanol–water partition coefficient (Wildman–Crippen LogP) is 1.55. The molecule has 0 aliphatic carbocycles. The Hall–Kier alpha value is -3.43. The minimum Gasteiger partial charge on any atom is -0.495 e. The van der Waals surface area contributed by atoms with E-state index in [1.54, 1.807) is 47.4 Å². The van der Waals surface area contributed by atoms with Gasteiger partial charge in [-0.1, -0.05) is 29.8 Å². The number of halogens is 1. The third-order valence-corrected chi connectivity index (χ3v) is 5.95. The van der Waals surface area contributed by atoms with E-state index >= 15 is 0 Å². The standard InChI is InChI=1S/C23H24ClN5O4/c1-27-9-11-28(12-10-27)20(30)14-25-22(31)21-16-5-3-4-6-17(16)23(32)29(26-21)15-7-8-19(33-2)18(24)13-15/h3-8,13H,9-12,14H2,1-2H3,(H,25,31). The van der Waals surface area contributed by atoms with Crippen molar-refractivity contribution >= 4 is 34.2 Å². The Labute approximate surface area is 195 Å². The van der Waals surface area contributed by atoms with Crippen molar-refractivity contribution in [2.45, 2.75) is 0 Å². The molecule has 9 nitrogen and oxygen atoms in total. The number of aromatic nitrogens is 2. The summed E-state index contributed by atoms with van der Waals surface area (Å²) in [5.41, 5.74) is 0.0410. The second-order valence-corrected chi connectivity index (χ2v) is 8.20. The fourth-order valence-corrected chi connectivity index (χ4v) is 3.98. The summed E-state index contributed by atoms with van der Waals surface area (Å²) < 4.78 is 6.30. The van der Waals surface area contributed by atoms with Crippen molar-refractivity contribution in [3.05, 3.63) is 63.5 Å². The van der Waals surface area contributed by atoms with Crippen LogP contribution in [0.4, 0.5) is 0 Å². The van der Waals surface area contributed by atoms with Gasteiger partial charge in [0, 0.05) is 31.6 Å². The van der Waals surface area contributed by atoms with Crippen LogP contribution in [0.15, 0.2) is 47.3 Å². The number of carbonyl (C=O) groups excluding carboxylic acids is 2. The molecular weight excluding hydrogens is 446 g/mol. The zero-order valence-corrected chi connectivity index (χ0v) is 19.1. The van der Waals surface area contributed by atoms with E-state index in [0.29, 0.717) is 40.3 Å². The van der Waals surface area contributed by atoms with Crippen LogP contribution in [0.25, 0.3) is 16.5 Å². The van der Waals surface area contributed by atoms with Crippen molar-refractivity contribution in [2.75, 3.05) is 46.9 Å². The summed E-state index contributed by atoms with van der Waals surface area (Å²) in [5, 5.41) is 8.03. The second kappa shape index (κ2) is 9.60. The highest BCUT2D eigenvalue weighted by Gasteiger charge is 2.22. The molecule has 1 fully saturated rings. The van der Waals surface area contributed by atoms with Gasteiger partial charge in [-0.3, -0.25) is 14.4 Å². The van der Waals surface area contributed by atoms with Crippen molar-refractivity contribution in [1.82, 2.24) is 24.9 Å². The molecule has 0 atom stereocenters. The molecule has 2 amide bonds. The van der Waals surface area contributed by atoms with Crippen molar-refractivity contribution in [3.8, 4) is 11.4 Å². The van der Waals surface area contributed by atoms with E-state index in [-0.39, 0.29) is 18.1 Å². The van der Waals surface area contributed by atoms with Crippen LogP contribution in [0.3, 0.4) is 0 Å². The zero-order chi connectivity index (χ0) is 23.5. The number of nitrogens with zero attached hydrogens (tertiary/aromatic N) is 4. The Balaban J connectivity index is 1.65. The summed E-state index contributed by atoms with van der Waals surface area (Å²) in [7, 11) is 3.50. The Bertz CT molecular complexity index is 1270. The van der Waals surface area contributed by atoms with Gasteiger partial charge in [0.15, 0.2) is 5.69 Å². The van der Waals surface area contributed by atoms with Crippen molar-refractivity contribution in [3.63, 3.8) is 0 Å². The molecule has 1 saturated heterocycles. The molecule has 3 aromatic rings. The molecule has 0 spiro atoms. The van der Waals surface area contributed by atoms with E-state index in [9.17, 15) is 14.4 Å². The maximum absolute atomic E-state index is 13.1. The lowest BCUT2D eigenvalue weighted by Crippen LogP contribution is -2.50. The van der Waals surface area contributed by atoms with Gasteiger partial charge in [0.05, 0.1) is 29.8 Å². The molecule has 0 radical (unpaired) electrons. The first kappa shape index (κ1) is 22.8. The topological polar surface area (TPSA) is 96.8 Å². The number of fused-ring (bicyclic) bond motifs is 1. The molecule has 2 heterocycles. The summed E-state index contributed by atoms with van der Waals surface area (Å²) in [5.74, 6) is -0.243. The average Bonchev–Trinajstić information content (AvgIpc) is 2.83. The average molecular weight is 470 g/mol. The van der Waals surface area contributed by atoms with Crippen LogP contribution in [-0.2, 0) is 4.79 Å². The summed E-state index contributed by atoms with van der Waals surface area (Å²) in [4.78, 5) is 42.6. The van der Waals surface area contributed by atoms with E-state index < -0.39 is 11.5 Å². The number of likely N-dealkylation sites (N-methyl/N-ethyl adjacent to an activating group) is 1. The minimum atomic E-state index is -0.540. The molecule has 1 aliphatic rings. The molecule has 0 unspecified atom stereocenters. The summed E-state index contributed by atoms with van der Waals surface area (Å²) >= 11 is 6.23. The summed E-state index contributed by atoms with van der Waals surface area (Å²) in [6.07, 6.45) is 0. The van der Waals surface area contributed by atoms with Crippen LogP contribution >= 0.6 is 11.6 Å². The SMILES string of the molecule is COc1ccc(-n2nc(C(=O)NCC(=O)N3CCN(C)CC3)c3ccccc3c2=O)cc1Cl. The number of methoxy groups -OCH3 is 1. The van der Waals surface area contributed by atoms with E-state index in [0.717, 1.165) is 17.8 Å². The van der Waals surface area contributed by atoms with E-state index in [4.69, 9.17) is 16.3 Å². The van der Waals surface area contributed by atoms with Gasteiger partial charge in [-0.05, 0) is 31.3 Å². The van der Waals surface area contributed by atoms with Crippen LogP contribution < -0.4 is 15.6 Å². The Morgan fingerprint density at radius 1 is 1.09 bits per heavy atom. The fourth-order valence-electron chi connectivity index (χ4n) is 3.73. The third-order valence-electron chi connectivity index (χ3n) is 5.66. The quantitative estimate of drug-likeness (QED) is 0.609. The summed E-state index contributed by atoms with van der Waals surface area (Å²) in [6, 6.07) is 11.5. The van der Waals surface area contributed by atoms with Gasteiger partial charge in [0.1, 0.15) is 5.75 Å². The molecule has 172 valence electrons. The number of benzene rings is 2. The first-order valence-electron chi connectivity index (χ1n) is 10.5. The van der Waals surface area contributed by atoms with Crippen LogP contribution in [0.5, 0.6) is 5.75 Å². The largest absolute Gasteiger partial charge is 0.495 e. The number of hydrogen-bond donors (Lipinski definition) is 1. The first-order chi connectivity index (χ1) is 15.9. The van der Waals surface area contributed by atoms with Gasteiger partial charge in [-0.15, -0.1) is 0 Å². The van der Waals surface area contributed by atoms with Crippen LogP contribution in [-0.4, -0.2) is 78.3 Å². The predicted molar refractivity (Wildman–Crippen MR) is 125 cm³/mol. The zero-order valence-electron chi connectivity index (χ0n) is 18.4. The van der Waals surface area contributed by atoms with Crippen molar-refractivity contribution in [1.29, 1.82) is 0 Å². The van der Waals surface area contributed by atoms with E-state index in [1.165, 1.54) is 7.11 Å². The minimum absolute atomic E-state index is 0.0447. The van der Waals surface area contributed by atoms with Gasteiger partial charge in [-0.2, -0.15) is 9.78 Å². The van der Waals surface area contributed by atoms with Crippen molar-refractivity contribution in [2.24, 2.45) is 0 Å². The number of rotatable bonds is 5. The summed E-state index contributed by atoms with van der Waals surface area (Å²) in [6.45, 7) is 2.68.